The van der Waals surface area contributed by atoms with Crippen molar-refractivity contribution in [1.82, 2.24) is 9.88 Å². The molecule has 31 heavy (non-hydrogen) atoms. The molecule has 0 amide bonds. The molecular formula is C23H28N2O6. The number of fused-ring (bicyclic) bond motifs is 2. The van der Waals surface area contributed by atoms with Gasteiger partial charge >= 0.3 is 5.97 Å². The number of Topliss-reactive ketones (excluding diaryl/α,β-unsaturated/α-hetero) is 1. The Balaban J connectivity index is 1.70. The number of rotatable bonds is 6. The molecule has 8 heteroatoms. The van der Waals surface area contributed by atoms with E-state index in [4.69, 9.17) is 18.9 Å². The van der Waals surface area contributed by atoms with Crippen LogP contribution in [0.25, 0.3) is 0 Å². The van der Waals surface area contributed by atoms with Crippen LogP contribution in [0.3, 0.4) is 0 Å². The third-order valence-electron chi connectivity index (χ3n) is 6.12. The summed E-state index contributed by atoms with van der Waals surface area (Å²) in [5.74, 6) is 1.42. The van der Waals surface area contributed by atoms with Crippen LogP contribution in [-0.4, -0.2) is 55.7 Å². The summed E-state index contributed by atoms with van der Waals surface area (Å²) in [4.78, 5) is 30.9. The summed E-state index contributed by atoms with van der Waals surface area (Å²) in [5, 5.41) is 0. The van der Waals surface area contributed by atoms with E-state index in [-0.39, 0.29) is 31.6 Å². The number of methoxy groups -OCH3 is 1. The van der Waals surface area contributed by atoms with Crippen LogP contribution in [0.15, 0.2) is 6.07 Å². The number of aromatic nitrogens is 1. The lowest BCUT2D eigenvalue weighted by Crippen LogP contribution is -2.34. The molecule has 0 spiro atoms. The number of esters is 1. The minimum absolute atomic E-state index is 0.0359. The Morgan fingerprint density at radius 1 is 1.29 bits per heavy atom. The van der Waals surface area contributed by atoms with Crippen LogP contribution in [0.4, 0.5) is 0 Å². The highest BCUT2D eigenvalue weighted by Crippen LogP contribution is 2.50. The van der Waals surface area contributed by atoms with Crippen molar-refractivity contribution in [3.63, 3.8) is 0 Å². The Morgan fingerprint density at radius 3 is 2.77 bits per heavy atom. The van der Waals surface area contributed by atoms with Gasteiger partial charge in [-0.3, -0.25) is 9.69 Å². The fourth-order valence-corrected chi connectivity index (χ4v) is 4.64. The SMILES string of the molecule is CCOC(=O)c1[nH]c(C)c(C(=O)CC2c3c(cc4c(c3OC)OCO4)CCN2C)c1C. The molecule has 0 saturated carbocycles. The molecule has 2 aromatic rings. The number of carbonyl (C=O) groups excluding carboxylic acids is 2. The Labute approximate surface area is 181 Å². The maximum Gasteiger partial charge on any atom is 0.355 e. The second kappa shape index (κ2) is 8.26. The molecule has 8 nitrogen and oxygen atoms in total. The maximum atomic E-state index is 13.4. The van der Waals surface area contributed by atoms with Crippen LogP contribution in [0.1, 0.15) is 62.6 Å². The number of carbonyl (C=O) groups is 2. The average molecular weight is 428 g/mol. The third kappa shape index (κ3) is 3.54. The predicted octanol–water partition coefficient (Wildman–Crippen LogP) is 3.35. The van der Waals surface area contributed by atoms with E-state index in [0.29, 0.717) is 39.8 Å². The van der Waals surface area contributed by atoms with Crippen molar-refractivity contribution in [2.45, 2.75) is 39.7 Å². The normalized spacial score (nSPS) is 17.4. The van der Waals surface area contributed by atoms with Crippen molar-refractivity contribution in [1.29, 1.82) is 0 Å². The van der Waals surface area contributed by atoms with Gasteiger partial charge in [0.05, 0.1) is 13.7 Å². The Hall–Kier alpha value is -3.00. The van der Waals surface area contributed by atoms with Crippen LogP contribution < -0.4 is 14.2 Å². The summed E-state index contributed by atoms with van der Waals surface area (Å²) in [6.45, 7) is 6.59. The van der Waals surface area contributed by atoms with Crippen molar-refractivity contribution >= 4 is 11.8 Å². The van der Waals surface area contributed by atoms with E-state index >= 15 is 0 Å². The zero-order chi connectivity index (χ0) is 22.3. The second-order valence-corrected chi connectivity index (χ2v) is 7.94. The van der Waals surface area contributed by atoms with Crippen LogP contribution in [-0.2, 0) is 11.2 Å². The molecule has 1 unspecified atom stereocenters. The van der Waals surface area contributed by atoms with E-state index in [1.165, 1.54) is 0 Å². The smallest absolute Gasteiger partial charge is 0.355 e. The number of aryl methyl sites for hydroxylation is 1. The number of hydrogen-bond acceptors (Lipinski definition) is 7. The third-order valence-corrected chi connectivity index (χ3v) is 6.12. The number of aromatic amines is 1. The minimum atomic E-state index is -0.448. The van der Waals surface area contributed by atoms with Crippen molar-refractivity contribution in [3.8, 4) is 17.2 Å². The molecule has 4 rings (SSSR count). The van der Waals surface area contributed by atoms with E-state index in [0.717, 1.165) is 24.1 Å². The lowest BCUT2D eigenvalue weighted by Gasteiger charge is -2.35. The van der Waals surface area contributed by atoms with Gasteiger partial charge in [-0.25, -0.2) is 4.79 Å². The summed E-state index contributed by atoms with van der Waals surface area (Å²) >= 11 is 0. The number of nitrogens with zero attached hydrogens (tertiary/aromatic N) is 1. The molecule has 2 aliphatic heterocycles. The molecule has 3 heterocycles. The summed E-state index contributed by atoms with van der Waals surface area (Å²) < 4.78 is 22.0. The van der Waals surface area contributed by atoms with Gasteiger partial charge in [0.1, 0.15) is 5.69 Å². The van der Waals surface area contributed by atoms with Crippen molar-refractivity contribution in [2.75, 3.05) is 34.1 Å². The van der Waals surface area contributed by atoms with Crippen LogP contribution in [0.2, 0.25) is 0 Å². The first kappa shape index (κ1) is 21.2. The van der Waals surface area contributed by atoms with Crippen molar-refractivity contribution in [3.05, 3.63) is 39.7 Å². The van der Waals surface area contributed by atoms with Crippen LogP contribution in [0.5, 0.6) is 17.2 Å². The Morgan fingerprint density at radius 2 is 2.06 bits per heavy atom. The monoisotopic (exact) mass is 428 g/mol. The highest BCUT2D eigenvalue weighted by atomic mass is 16.7. The molecule has 0 radical (unpaired) electrons. The van der Waals surface area contributed by atoms with Crippen molar-refractivity contribution in [2.24, 2.45) is 0 Å². The summed E-state index contributed by atoms with van der Waals surface area (Å²) in [5.41, 5.74) is 4.24. The molecule has 1 aromatic carbocycles. The topological polar surface area (TPSA) is 90.1 Å². The van der Waals surface area contributed by atoms with E-state index in [2.05, 4.69) is 9.88 Å². The van der Waals surface area contributed by atoms with Gasteiger partial charge in [0.25, 0.3) is 0 Å². The van der Waals surface area contributed by atoms with E-state index in [1.807, 2.05) is 13.1 Å². The van der Waals surface area contributed by atoms with Gasteiger partial charge in [-0.2, -0.15) is 0 Å². The average Bonchev–Trinajstić information content (AvgIpc) is 3.32. The molecular weight excluding hydrogens is 400 g/mol. The number of likely N-dealkylation sites (N-methyl/N-ethyl adjacent to an activating group) is 1. The maximum absolute atomic E-state index is 13.4. The van der Waals surface area contributed by atoms with E-state index in [9.17, 15) is 9.59 Å². The van der Waals surface area contributed by atoms with Gasteiger partial charge in [-0.15, -0.1) is 0 Å². The highest BCUT2D eigenvalue weighted by Gasteiger charge is 2.36. The van der Waals surface area contributed by atoms with Gasteiger partial charge in [-0.05, 0) is 51.4 Å². The molecule has 1 N–H and O–H groups in total. The fourth-order valence-electron chi connectivity index (χ4n) is 4.64. The Kier molecular flexibility index (Phi) is 5.66. The lowest BCUT2D eigenvalue weighted by atomic mass is 9.87. The van der Waals surface area contributed by atoms with E-state index in [1.54, 1.807) is 27.9 Å². The summed E-state index contributed by atoms with van der Waals surface area (Å²) in [6, 6.07) is 1.82. The number of nitrogens with one attached hydrogen (secondary N) is 1. The first-order chi connectivity index (χ1) is 14.9. The number of H-pyrrole nitrogens is 1. The fraction of sp³-hybridized carbons (Fsp3) is 0.478. The number of ether oxygens (including phenoxy) is 4. The molecule has 166 valence electrons. The zero-order valence-electron chi connectivity index (χ0n) is 18.6. The highest BCUT2D eigenvalue weighted by molar-refractivity contribution is 6.02. The van der Waals surface area contributed by atoms with E-state index < -0.39 is 5.97 Å². The second-order valence-electron chi connectivity index (χ2n) is 7.94. The summed E-state index contributed by atoms with van der Waals surface area (Å²) in [7, 11) is 3.61. The molecule has 1 aromatic heterocycles. The molecule has 2 aliphatic rings. The number of ketones is 1. The Bertz CT molecular complexity index is 1040. The van der Waals surface area contributed by atoms with Crippen LogP contribution >= 0.6 is 0 Å². The van der Waals surface area contributed by atoms with Gasteiger partial charge < -0.3 is 23.9 Å². The lowest BCUT2D eigenvalue weighted by molar-refractivity contribution is 0.0519. The molecule has 0 fully saturated rings. The molecule has 0 bridgehead atoms. The van der Waals surface area contributed by atoms with Crippen LogP contribution in [0, 0.1) is 13.8 Å². The molecule has 0 aliphatic carbocycles. The van der Waals surface area contributed by atoms with Gasteiger partial charge in [0.15, 0.2) is 17.3 Å². The predicted molar refractivity (Wildman–Crippen MR) is 113 cm³/mol. The quantitative estimate of drug-likeness (QED) is 0.557. The van der Waals surface area contributed by atoms with Gasteiger partial charge in [0, 0.05) is 35.8 Å². The standard InChI is InChI=1S/C23H28N2O6/c1-6-29-23(27)20-12(2)18(13(3)24-20)16(26)10-15-19-14(7-8-25(15)4)9-17-21(22(19)28-5)31-11-30-17/h9,15,24H,6-8,10-11H2,1-5H3. The van der Waals surface area contributed by atoms with Gasteiger partial charge in [-0.1, -0.05) is 0 Å². The largest absolute Gasteiger partial charge is 0.492 e. The van der Waals surface area contributed by atoms with Crippen molar-refractivity contribution < 1.29 is 28.5 Å². The molecule has 1 atom stereocenters. The first-order valence-corrected chi connectivity index (χ1v) is 10.5. The minimum Gasteiger partial charge on any atom is -0.492 e. The summed E-state index contributed by atoms with van der Waals surface area (Å²) in [6.07, 6.45) is 1.08. The number of benzene rings is 1. The number of hydrogen-bond donors (Lipinski definition) is 1. The van der Waals surface area contributed by atoms with Gasteiger partial charge in [0.2, 0.25) is 12.5 Å². The zero-order valence-corrected chi connectivity index (χ0v) is 18.6. The first-order valence-electron chi connectivity index (χ1n) is 10.5. The molecule has 0 saturated heterocycles.